The van der Waals surface area contributed by atoms with E-state index in [2.05, 4.69) is 22.4 Å². The van der Waals surface area contributed by atoms with Gasteiger partial charge in [0.15, 0.2) is 0 Å². The lowest BCUT2D eigenvalue weighted by molar-refractivity contribution is -0.114. The second-order valence-corrected chi connectivity index (χ2v) is 5.13. The Kier molecular flexibility index (Phi) is 3.25. The molecular formula is C15H18N2O2. The molecule has 0 unspecified atom stereocenters. The van der Waals surface area contributed by atoms with Gasteiger partial charge in [0.2, 0.25) is 5.91 Å². The van der Waals surface area contributed by atoms with Gasteiger partial charge in [-0.05, 0) is 37.0 Å². The van der Waals surface area contributed by atoms with Gasteiger partial charge in [0.25, 0.3) is 0 Å². The SMILES string of the molecule is CC(=O)Nc1c[nH]c2ccc(COC3CCC3)cc12. The molecule has 0 atom stereocenters. The monoisotopic (exact) mass is 258 g/mol. The van der Waals surface area contributed by atoms with Crippen LogP contribution in [0.4, 0.5) is 5.69 Å². The van der Waals surface area contributed by atoms with Gasteiger partial charge in [0, 0.05) is 24.0 Å². The number of ether oxygens (including phenoxy) is 1. The second-order valence-electron chi connectivity index (χ2n) is 5.13. The lowest BCUT2D eigenvalue weighted by atomic mass is 9.96. The maximum atomic E-state index is 11.2. The molecule has 0 bridgehead atoms. The normalized spacial score (nSPS) is 15.4. The number of aromatic amines is 1. The summed E-state index contributed by atoms with van der Waals surface area (Å²) in [4.78, 5) is 14.3. The highest BCUT2D eigenvalue weighted by Crippen LogP contribution is 2.26. The van der Waals surface area contributed by atoms with Gasteiger partial charge in [0.05, 0.1) is 18.4 Å². The van der Waals surface area contributed by atoms with Crippen LogP contribution in [-0.4, -0.2) is 17.0 Å². The smallest absolute Gasteiger partial charge is 0.221 e. The van der Waals surface area contributed by atoms with E-state index >= 15 is 0 Å². The zero-order valence-electron chi connectivity index (χ0n) is 11.0. The lowest BCUT2D eigenvalue weighted by Gasteiger charge is -2.25. The number of anilines is 1. The number of rotatable bonds is 4. The predicted molar refractivity (Wildman–Crippen MR) is 75.0 cm³/mol. The Morgan fingerprint density at radius 2 is 2.32 bits per heavy atom. The van der Waals surface area contributed by atoms with Crippen LogP contribution in [0.3, 0.4) is 0 Å². The van der Waals surface area contributed by atoms with Crippen molar-refractivity contribution in [2.45, 2.75) is 38.9 Å². The predicted octanol–water partition coefficient (Wildman–Crippen LogP) is 3.20. The number of hydrogen-bond acceptors (Lipinski definition) is 2. The Hall–Kier alpha value is -1.81. The molecule has 1 aliphatic rings. The summed E-state index contributed by atoms with van der Waals surface area (Å²) >= 11 is 0. The molecular weight excluding hydrogens is 240 g/mol. The zero-order chi connectivity index (χ0) is 13.2. The molecule has 0 saturated heterocycles. The number of nitrogens with one attached hydrogen (secondary N) is 2. The van der Waals surface area contributed by atoms with Crippen LogP contribution in [-0.2, 0) is 16.1 Å². The van der Waals surface area contributed by atoms with Crippen LogP contribution in [0.5, 0.6) is 0 Å². The minimum Gasteiger partial charge on any atom is -0.374 e. The summed E-state index contributed by atoms with van der Waals surface area (Å²) in [6.45, 7) is 2.16. The van der Waals surface area contributed by atoms with E-state index in [1.807, 2.05) is 12.3 Å². The molecule has 4 nitrogen and oxygen atoms in total. The summed E-state index contributed by atoms with van der Waals surface area (Å²) in [6.07, 6.45) is 5.92. The molecule has 4 heteroatoms. The number of benzene rings is 1. The van der Waals surface area contributed by atoms with Gasteiger partial charge in [-0.15, -0.1) is 0 Å². The first-order chi connectivity index (χ1) is 9.22. The third kappa shape index (κ3) is 2.63. The molecule has 0 radical (unpaired) electrons. The molecule has 1 heterocycles. The van der Waals surface area contributed by atoms with Crippen LogP contribution < -0.4 is 5.32 Å². The van der Waals surface area contributed by atoms with Crippen molar-refractivity contribution in [1.82, 2.24) is 4.98 Å². The molecule has 1 aliphatic carbocycles. The fourth-order valence-corrected chi connectivity index (χ4v) is 2.30. The second kappa shape index (κ2) is 5.05. The summed E-state index contributed by atoms with van der Waals surface area (Å²) in [6, 6.07) is 6.17. The maximum absolute atomic E-state index is 11.2. The molecule has 2 aromatic rings. The number of H-pyrrole nitrogens is 1. The first kappa shape index (κ1) is 12.2. The summed E-state index contributed by atoms with van der Waals surface area (Å²) in [5, 5.41) is 3.86. The fraction of sp³-hybridized carbons (Fsp3) is 0.400. The van der Waals surface area contributed by atoms with E-state index in [9.17, 15) is 4.79 Å². The Morgan fingerprint density at radius 3 is 3.00 bits per heavy atom. The van der Waals surface area contributed by atoms with Crippen molar-refractivity contribution in [2.24, 2.45) is 0 Å². The summed E-state index contributed by atoms with van der Waals surface area (Å²) in [5.41, 5.74) is 3.00. The van der Waals surface area contributed by atoms with Crippen LogP contribution in [0.15, 0.2) is 24.4 Å². The van der Waals surface area contributed by atoms with Crippen molar-refractivity contribution in [3.05, 3.63) is 30.0 Å². The zero-order valence-corrected chi connectivity index (χ0v) is 11.0. The van der Waals surface area contributed by atoms with E-state index in [0.717, 1.165) is 22.2 Å². The first-order valence-corrected chi connectivity index (χ1v) is 6.71. The summed E-state index contributed by atoms with van der Waals surface area (Å²) < 4.78 is 5.81. The van der Waals surface area contributed by atoms with E-state index < -0.39 is 0 Å². The molecule has 0 spiro atoms. The third-order valence-corrected chi connectivity index (χ3v) is 3.59. The first-order valence-electron chi connectivity index (χ1n) is 6.71. The number of carbonyl (C=O) groups excluding carboxylic acids is 1. The lowest BCUT2D eigenvalue weighted by Crippen LogP contribution is -2.21. The highest BCUT2D eigenvalue weighted by atomic mass is 16.5. The third-order valence-electron chi connectivity index (χ3n) is 3.59. The molecule has 1 aromatic heterocycles. The Bertz CT molecular complexity index is 599. The highest BCUT2D eigenvalue weighted by molar-refractivity contribution is 6.00. The van der Waals surface area contributed by atoms with Gasteiger partial charge in [-0.3, -0.25) is 4.79 Å². The number of amides is 1. The van der Waals surface area contributed by atoms with E-state index in [0.29, 0.717) is 12.7 Å². The van der Waals surface area contributed by atoms with Crippen molar-refractivity contribution in [2.75, 3.05) is 5.32 Å². The van der Waals surface area contributed by atoms with Crippen molar-refractivity contribution >= 4 is 22.5 Å². The van der Waals surface area contributed by atoms with Gasteiger partial charge >= 0.3 is 0 Å². The van der Waals surface area contributed by atoms with Gasteiger partial charge in [-0.2, -0.15) is 0 Å². The standard InChI is InChI=1S/C15H18N2O2/c1-10(18)17-15-8-16-14-6-5-11(7-13(14)15)9-19-12-3-2-4-12/h5-8,12,16H,2-4,9H2,1H3,(H,17,18). The minimum absolute atomic E-state index is 0.0583. The van der Waals surface area contributed by atoms with Crippen LogP contribution in [0.25, 0.3) is 10.9 Å². The van der Waals surface area contributed by atoms with E-state index in [4.69, 9.17) is 4.74 Å². The van der Waals surface area contributed by atoms with Crippen molar-refractivity contribution in [3.8, 4) is 0 Å². The summed E-state index contributed by atoms with van der Waals surface area (Å²) in [7, 11) is 0. The van der Waals surface area contributed by atoms with E-state index in [-0.39, 0.29) is 5.91 Å². The van der Waals surface area contributed by atoms with Crippen LogP contribution >= 0.6 is 0 Å². The minimum atomic E-state index is -0.0583. The van der Waals surface area contributed by atoms with Gasteiger partial charge < -0.3 is 15.0 Å². The molecule has 100 valence electrons. The average Bonchev–Trinajstić information content (AvgIpc) is 2.69. The highest BCUT2D eigenvalue weighted by Gasteiger charge is 2.17. The average molecular weight is 258 g/mol. The summed E-state index contributed by atoms with van der Waals surface area (Å²) in [5.74, 6) is -0.0583. The van der Waals surface area contributed by atoms with Gasteiger partial charge in [-0.25, -0.2) is 0 Å². The van der Waals surface area contributed by atoms with Crippen molar-refractivity contribution in [3.63, 3.8) is 0 Å². The molecule has 1 fully saturated rings. The maximum Gasteiger partial charge on any atom is 0.221 e. The van der Waals surface area contributed by atoms with Crippen LogP contribution in [0.2, 0.25) is 0 Å². The van der Waals surface area contributed by atoms with Crippen LogP contribution in [0.1, 0.15) is 31.7 Å². The molecule has 19 heavy (non-hydrogen) atoms. The van der Waals surface area contributed by atoms with Crippen molar-refractivity contribution in [1.29, 1.82) is 0 Å². The Labute approximate surface area is 112 Å². The largest absolute Gasteiger partial charge is 0.374 e. The quantitative estimate of drug-likeness (QED) is 0.884. The number of fused-ring (bicyclic) bond motifs is 1. The van der Waals surface area contributed by atoms with Gasteiger partial charge in [-0.1, -0.05) is 6.07 Å². The number of carbonyl (C=O) groups is 1. The Morgan fingerprint density at radius 1 is 1.47 bits per heavy atom. The number of aromatic nitrogens is 1. The number of hydrogen-bond donors (Lipinski definition) is 2. The van der Waals surface area contributed by atoms with E-state index in [1.165, 1.54) is 26.2 Å². The fourth-order valence-electron chi connectivity index (χ4n) is 2.30. The van der Waals surface area contributed by atoms with Crippen LogP contribution in [0, 0.1) is 0 Å². The molecule has 0 aliphatic heterocycles. The van der Waals surface area contributed by atoms with Crippen molar-refractivity contribution < 1.29 is 9.53 Å². The molecule has 2 N–H and O–H groups in total. The molecule has 3 rings (SSSR count). The Balaban J connectivity index is 1.79. The molecule has 1 saturated carbocycles. The molecule has 1 aromatic carbocycles. The van der Waals surface area contributed by atoms with Gasteiger partial charge in [0.1, 0.15) is 0 Å². The van der Waals surface area contributed by atoms with E-state index in [1.54, 1.807) is 0 Å². The molecule has 1 amide bonds. The topological polar surface area (TPSA) is 54.1 Å².